The molecule has 0 saturated heterocycles. The lowest BCUT2D eigenvalue weighted by molar-refractivity contribution is 0.561. The first kappa shape index (κ1) is 8.25. The number of aromatic nitrogens is 2. The van der Waals surface area contributed by atoms with Crippen LogP contribution < -0.4 is 17.0 Å². The monoisotopic (exact) mass is 180 g/mol. The molecule has 1 aliphatic carbocycles. The molecule has 0 aromatic carbocycles. The van der Waals surface area contributed by atoms with Crippen molar-refractivity contribution in [3.8, 4) is 0 Å². The largest absolute Gasteiger partial charge is 0.369 e. The van der Waals surface area contributed by atoms with Crippen LogP contribution in [0.3, 0.4) is 0 Å². The molecule has 1 aromatic rings. The Hall–Kier alpha value is -1.36. The average Bonchev–Trinajstić information content (AvgIpc) is 2.06. The van der Waals surface area contributed by atoms with Crippen LogP contribution in [0.2, 0.25) is 0 Å². The topological polar surface area (TPSA) is 97.8 Å². The molecule has 13 heavy (non-hydrogen) atoms. The number of aromatic amines is 1. The van der Waals surface area contributed by atoms with Crippen molar-refractivity contribution in [1.82, 2.24) is 9.97 Å². The van der Waals surface area contributed by atoms with Gasteiger partial charge in [-0.1, -0.05) is 0 Å². The number of nitrogens with zero attached hydrogens (tertiary/aromatic N) is 1. The summed E-state index contributed by atoms with van der Waals surface area (Å²) >= 11 is 0. The molecule has 0 bridgehead atoms. The quantitative estimate of drug-likeness (QED) is 0.485. The van der Waals surface area contributed by atoms with E-state index in [-0.39, 0.29) is 17.5 Å². The Kier molecular flexibility index (Phi) is 1.81. The highest BCUT2D eigenvalue weighted by Gasteiger charge is 2.19. The molecular weight excluding hydrogens is 168 g/mol. The van der Waals surface area contributed by atoms with Crippen LogP contribution in [0.1, 0.15) is 17.7 Å². The van der Waals surface area contributed by atoms with Gasteiger partial charge in [0.05, 0.1) is 5.69 Å². The van der Waals surface area contributed by atoms with Gasteiger partial charge in [0, 0.05) is 11.6 Å². The van der Waals surface area contributed by atoms with Gasteiger partial charge in [0.1, 0.15) is 0 Å². The normalized spacial score (nSPS) is 21.2. The van der Waals surface area contributed by atoms with E-state index in [1.54, 1.807) is 0 Å². The number of nitrogen functional groups attached to an aromatic ring is 1. The van der Waals surface area contributed by atoms with Crippen molar-refractivity contribution < 1.29 is 0 Å². The summed E-state index contributed by atoms with van der Waals surface area (Å²) in [6.07, 6.45) is 2.24. The van der Waals surface area contributed by atoms with Crippen LogP contribution in [0.4, 0.5) is 5.95 Å². The predicted octanol–water partition coefficient (Wildman–Crippen LogP) is -0.832. The van der Waals surface area contributed by atoms with Crippen LogP contribution in [0.25, 0.3) is 0 Å². The molecular formula is C8H12N4O. The Morgan fingerprint density at radius 2 is 2.31 bits per heavy atom. The second-order valence-electron chi connectivity index (χ2n) is 3.38. The molecule has 0 aliphatic heterocycles. The van der Waals surface area contributed by atoms with Gasteiger partial charge in [-0.2, -0.15) is 0 Å². The number of anilines is 1. The molecule has 5 nitrogen and oxygen atoms in total. The van der Waals surface area contributed by atoms with Crippen molar-refractivity contribution in [3.05, 3.63) is 21.6 Å². The van der Waals surface area contributed by atoms with Gasteiger partial charge in [0.2, 0.25) is 5.95 Å². The maximum atomic E-state index is 11.4. The van der Waals surface area contributed by atoms with Crippen LogP contribution >= 0.6 is 0 Å². The van der Waals surface area contributed by atoms with Gasteiger partial charge in [0.25, 0.3) is 5.56 Å². The van der Waals surface area contributed by atoms with Crippen molar-refractivity contribution >= 4 is 5.95 Å². The molecule has 1 aliphatic rings. The van der Waals surface area contributed by atoms with Crippen molar-refractivity contribution in [2.45, 2.75) is 25.3 Å². The lowest BCUT2D eigenvalue weighted by Crippen LogP contribution is -2.33. The highest BCUT2D eigenvalue weighted by atomic mass is 16.1. The molecule has 2 rings (SSSR count). The number of fused-ring (bicyclic) bond motifs is 1. The van der Waals surface area contributed by atoms with Gasteiger partial charge in [-0.25, -0.2) is 4.98 Å². The standard InChI is InChI=1S/C8H12N4O/c9-4-1-2-6-5(3-4)7(13)12-8(10)11-6/h4H,1-3,9H2,(H3,10,11,12,13). The van der Waals surface area contributed by atoms with E-state index in [4.69, 9.17) is 11.5 Å². The van der Waals surface area contributed by atoms with Crippen LogP contribution in [0.5, 0.6) is 0 Å². The third-order valence-electron chi connectivity index (χ3n) is 2.34. The molecule has 0 radical (unpaired) electrons. The van der Waals surface area contributed by atoms with Crippen molar-refractivity contribution in [3.63, 3.8) is 0 Å². The van der Waals surface area contributed by atoms with E-state index in [2.05, 4.69) is 9.97 Å². The minimum Gasteiger partial charge on any atom is -0.369 e. The first-order valence-electron chi connectivity index (χ1n) is 4.30. The third-order valence-corrected chi connectivity index (χ3v) is 2.34. The number of H-pyrrole nitrogens is 1. The van der Waals surface area contributed by atoms with Crippen LogP contribution in [-0.4, -0.2) is 16.0 Å². The lowest BCUT2D eigenvalue weighted by atomic mass is 9.93. The van der Waals surface area contributed by atoms with E-state index in [1.165, 1.54) is 0 Å². The van der Waals surface area contributed by atoms with Crippen LogP contribution in [0.15, 0.2) is 4.79 Å². The van der Waals surface area contributed by atoms with Crippen LogP contribution in [-0.2, 0) is 12.8 Å². The molecule has 70 valence electrons. The summed E-state index contributed by atoms with van der Waals surface area (Å²) in [7, 11) is 0. The van der Waals surface area contributed by atoms with Gasteiger partial charge in [0.15, 0.2) is 0 Å². The lowest BCUT2D eigenvalue weighted by Gasteiger charge is -2.19. The minimum atomic E-state index is -0.141. The smallest absolute Gasteiger partial charge is 0.255 e. The molecule has 0 spiro atoms. The van der Waals surface area contributed by atoms with Crippen molar-refractivity contribution in [1.29, 1.82) is 0 Å². The molecule has 1 atom stereocenters. The summed E-state index contributed by atoms with van der Waals surface area (Å²) in [5.74, 6) is 0.194. The summed E-state index contributed by atoms with van der Waals surface area (Å²) in [6.45, 7) is 0. The van der Waals surface area contributed by atoms with E-state index in [0.717, 1.165) is 18.5 Å². The van der Waals surface area contributed by atoms with E-state index >= 15 is 0 Å². The number of nitrogens with two attached hydrogens (primary N) is 2. The van der Waals surface area contributed by atoms with Crippen molar-refractivity contribution in [2.75, 3.05) is 5.73 Å². The Labute approximate surface area is 75.2 Å². The summed E-state index contributed by atoms with van der Waals surface area (Å²) in [6, 6.07) is 0.0824. The molecule has 1 unspecified atom stereocenters. The molecule has 5 heteroatoms. The zero-order valence-corrected chi connectivity index (χ0v) is 7.21. The minimum absolute atomic E-state index is 0.0824. The Morgan fingerprint density at radius 1 is 1.54 bits per heavy atom. The second-order valence-corrected chi connectivity index (χ2v) is 3.38. The number of hydrogen-bond acceptors (Lipinski definition) is 4. The fraction of sp³-hybridized carbons (Fsp3) is 0.500. The SMILES string of the molecule is Nc1nc2c(c(=O)[nH]1)CC(N)CC2. The summed E-state index contributed by atoms with van der Waals surface area (Å²) in [5, 5.41) is 0. The molecule has 5 N–H and O–H groups in total. The van der Waals surface area contributed by atoms with E-state index in [1.807, 2.05) is 0 Å². The van der Waals surface area contributed by atoms with Gasteiger partial charge >= 0.3 is 0 Å². The van der Waals surface area contributed by atoms with E-state index in [0.29, 0.717) is 12.0 Å². The van der Waals surface area contributed by atoms with Crippen molar-refractivity contribution in [2.24, 2.45) is 5.73 Å². The summed E-state index contributed by atoms with van der Waals surface area (Å²) < 4.78 is 0. The van der Waals surface area contributed by atoms with Gasteiger partial charge in [-0.3, -0.25) is 9.78 Å². The molecule has 1 heterocycles. The zero-order chi connectivity index (χ0) is 9.42. The Bertz CT molecular complexity index is 384. The molecule has 0 fully saturated rings. The van der Waals surface area contributed by atoms with E-state index in [9.17, 15) is 4.79 Å². The highest BCUT2D eigenvalue weighted by Crippen LogP contribution is 2.15. The van der Waals surface area contributed by atoms with Gasteiger partial charge in [-0.15, -0.1) is 0 Å². The fourth-order valence-electron chi connectivity index (χ4n) is 1.67. The first-order chi connectivity index (χ1) is 6.16. The summed E-state index contributed by atoms with van der Waals surface area (Å²) in [5.41, 5.74) is 12.5. The van der Waals surface area contributed by atoms with Crippen LogP contribution in [0, 0.1) is 0 Å². The maximum absolute atomic E-state index is 11.4. The number of nitrogens with one attached hydrogen (secondary N) is 1. The summed E-state index contributed by atoms with van der Waals surface area (Å²) in [4.78, 5) is 17.9. The average molecular weight is 180 g/mol. The van der Waals surface area contributed by atoms with E-state index < -0.39 is 0 Å². The molecule has 1 aromatic heterocycles. The maximum Gasteiger partial charge on any atom is 0.255 e. The second kappa shape index (κ2) is 2.85. The highest BCUT2D eigenvalue weighted by molar-refractivity contribution is 5.28. The Morgan fingerprint density at radius 3 is 3.08 bits per heavy atom. The Balaban J connectivity index is 2.53. The molecule has 0 amide bonds. The molecule has 0 saturated carbocycles. The number of hydrogen-bond donors (Lipinski definition) is 3. The number of aryl methyl sites for hydroxylation is 1. The third kappa shape index (κ3) is 1.42. The number of rotatable bonds is 0. The van der Waals surface area contributed by atoms with Gasteiger partial charge in [-0.05, 0) is 19.3 Å². The predicted molar refractivity (Wildman–Crippen MR) is 49.3 cm³/mol. The first-order valence-corrected chi connectivity index (χ1v) is 4.30. The fourth-order valence-corrected chi connectivity index (χ4v) is 1.67. The zero-order valence-electron chi connectivity index (χ0n) is 7.21. The van der Waals surface area contributed by atoms with Gasteiger partial charge < -0.3 is 11.5 Å².